The van der Waals surface area contributed by atoms with Crippen LogP contribution < -0.4 is 5.32 Å². The summed E-state index contributed by atoms with van der Waals surface area (Å²) >= 11 is 0. The number of hydrogen-bond acceptors (Lipinski definition) is 4. The maximum Gasteiger partial charge on any atom is 0.305 e. The van der Waals surface area contributed by atoms with Crippen LogP contribution in [0.5, 0.6) is 0 Å². The van der Waals surface area contributed by atoms with E-state index in [2.05, 4.69) is 17.0 Å². The molecule has 1 aliphatic rings. The zero-order valence-corrected chi connectivity index (χ0v) is 13.0. The van der Waals surface area contributed by atoms with Crippen LogP contribution in [0.1, 0.15) is 39.0 Å². The molecule has 0 aromatic carbocycles. The molecule has 2 unspecified atom stereocenters. The monoisotopic (exact) mass is 284 g/mol. The topological polar surface area (TPSA) is 58.6 Å². The number of piperidine rings is 1. The Balaban J connectivity index is 2.24. The lowest BCUT2D eigenvalue weighted by atomic mass is 9.85. The van der Waals surface area contributed by atoms with Gasteiger partial charge < -0.3 is 15.0 Å². The molecule has 0 spiro atoms. The second kappa shape index (κ2) is 8.95. The first-order valence-corrected chi connectivity index (χ1v) is 7.56. The summed E-state index contributed by atoms with van der Waals surface area (Å²) in [7, 11) is 3.20. The van der Waals surface area contributed by atoms with E-state index in [4.69, 9.17) is 0 Å². The van der Waals surface area contributed by atoms with Gasteiger partial charge in [-0.15, -0.1) is 0 Å². The van der Waals surface area contributed by atoms with Gasteiger partial charge in [-0.05, 0) is 44.2 Å². The van der Waals surface area contributed by atoms with Crippen molar-refractivity contribution in [1.29, 1.82) is 0 Å². The van der Waals surface area contributed by atoms with Crippen molar-refractivity contribution in [1.82, 2.24) is 10.2 Å². The molecule has 5 nitrogen and oxygen atoms in total. The lowest BCUT2D eigenvalue weighted by molar-refractivity contribution is -0.141. The van der Waals surface area contributed by atoms with Crippen molar-refractivity contribution in [2.24, 2.45) is 11.8 Å². The molecule has 0 aliphatic carbocycles. The Kier molecular flexibility index (Phi) is 7.59. The van der Waals surface area contributed by atoms with E-state index in [-0.39, 0.29) is 11.9 Å². The van der Waals surface area contributed by atoms with Gasteiger partial charge in [0.15, 0.2) is 0 Å². The van der Waals surface area contributed by atoms with Crippen LogP contribution in [0, 0.1) is 11.8 Å². The number of nitrogens with zero attached hydrogens (tertiary/aromatic N) is 1. The van der Waals surface area contributed by atoms with Crippen molar-refractivity contribution >= 4 is 11.9 Å². The Morgan fingerprint density at radius 1 is 1.45 bits per heavy atom. The van der Waals surface area contributed by atoms with Gasteiger partial charge in [-0.1, -0.05) is 6.92 Å². The summed E-state index contributed by atoms with van der Waals surface area (Å²) in [6.45, 7) is 4.91. The molecule has 0 aromatic rings. The molecule has 1 N–H and O–H groups in total. The van der Waals surface area contributed by atoms with E-state index in [0.29, 0.717) is 37.6 Å². The standard InChI is InChI=1S/C15H28N2O3/c1-12(13-6-4-8-16-11-13)10-14(18)17(2)9-5-7-15(19)20-3/h12-13,16H,4-11H2,1-3H3. The summed E-state index contributed by atoms with van der Waals surface area (Å²) in [4.78, 5) is 24.9. The number of amides is 1. The number of carbonyl (C=O) groups excluding carboxylic acids is 2. The predicted molar refractivity (Wildman–Crippen MR) is 78.3 cm³/mol. The minimum absolute atomic E-state index is 0.174. The number of esters is 1. The van der Waals surface area contributed by atoms with E-state index >= 15 is 0 Å². The van der Waals surface area contributed by atoms with Crippen molar-refractivity contribution in [2.45, 2.75) is 39.0 Å². The van der Waals surface area contributed by atoms with E-state index < -0.39 is 0 Å². The summed E-state index contributed by atoms with van der Waals surface area (Å²) in [6, 6.07) is 0. The molecule has 0 saturated carbocycles. The highest BCUT2D eigenvalue weighted by atomic mass is 16.5. The SMILES string of the molecule is COC(=O)CCCN(C)C(=O)CC(C)C1CCCNC1. The Morgan fingerprint density at radius 3 is 2.80 bits per heavy atom. The van der Waals surface area contributed by atoms with Crippen LogP contribution in [-0.4, -0.2) is 50.6 Å². The second-order valence-corrected chi connectivity index (χ2v) is 5.78. The lowest BCUT2D eigenvalue weighted by Gasteiger charge is -2.29. The van der Waals surface area contributed by atoms with Gasteiger partial charge in [-0.25, -0.2) is 0 Å². The molecule has 1 amide bonds. The highest BCUT2D eigenvalue weighted by Gasteiger charge is 2.23. The molecular weight excluding hydrogens is 256 g/mol. The Hall–Kier alpha value is -1.10. The normalized spacial score (nSPS) is 20.2. The maximum absolute atomic E-state index is 12.1. The largest absolute Gasteiger partial charge is 0.469 e. The minimum atomic E-state index is -0.215. The van der Waals surface area contributed by atoms with E-state index in [0.717, 1.165) is 13.1 Å². The summed E-state index contributed by atoms with van der Waals surface area (Å²) < 4.78 is 4.59. The number of methoxy groups -OCH3 is 1. The van der Waals surface area contributed by atoms with Crippen molar-refractivity contribution in [3.05, 3.63) is 0 Å². The quantitative estimate of drug-likeness (QED) is 0.718. The van der Waals surface area contributed by atoms with Crippen LogP contribution >= 0.6 is 0 Å². The summed E-state index contributed by atoms with van der Waals surface area (Å²) in [5.74, 6) is 0.981. The number of carbonyl (C=O) groups is 2. The van der Waals surface area contributed by atoms with Crippen LogP contribution in [-0.2, 0) is 14.3 Å². The van der Waals surface area contributed by atoms with Gasteiger partial charge in [-0.2, -0.15) is 0 Å². The fourth-order valence-corrected chi connectivity index (χ4v) is 2.65. The van der Waals surface area contributed by atoms with Crippen molar-refractivity contribution in [3.8, 4) is 0 Å². The Morgan fingerprint density at radius 2 is 2.20 bits per heavy atom. The average Bonchev–Trinajstić information content (AvgIpc) is 2.47. The molecule has 2 atom stereocenters. The van der Waals surface area contributed by atoms with Crippen LogP contribution in [0.15, 0.2) is 0 Å². The highest BCUT2D eigenvalue weighted by molar-refractivity contribution is 5.76. The van der Waals surface area contributed by atoms with Gasteiger partial charge in [0.2, 0.25) is 5.91 Å². The lowest BCUT2D eigenvalue weighted by Crippen LogP contribution is -2.36. The Labute approximate surface area is 122 Å². The van der Waals surface area contributed by atoms with E-state index in [1.54, 1.807) is 4.90 Å². The third-order valence-electron chi connectivity index (χ3n) is 4.16. The molecule has 1 aliphatic heterocycles. The van der Waals surface area contributed by atoms with Crippen LogP contribution in [0.3, 0.4) is 0 Å². The molecule has 20 heavy (non-hydrogen) atoms. The summed E-state index contributed by atoms with van der Waals surface area (Å²) in [5, 5.41) is 3.40. The van der Waals surface area contributed by atoms with Gasteiger partial charge >= 0.3 is 5.97 Å². The summed E-state index contributed by atoms with van der Waals surface area (Å²) in [5.41, 5.74) is 0. The Bertz CT molecular complexity index is 314. The van der Waals surface area contributed by atoms with Crippen LogP contribution in [0.4, 0.5) is 0 Å². The van der Waals surface area contributed by atoms with Gasteiger partial charge in [0.25, 0.3) is 0 Å². The molecule has 1 rings (SSSR count). The first-order chi connectivity index (χ1) is 9.54. The molecule has 116 valence electrons. The molecule has 5 heteroatoms. The third-order valence-corrected chi connectivity index (χ3v) is 4.16. The highest BCUT2D eigenvalue weighted by Crippen LogP contribution is 2.23. The van der Waals surface area contributed by atoms with E-state index in [1.165, 1.54) is 20.0 Å². The molecule has 1 heterocycles. The van der Waals surface area contributed by atoms with E-state index in [1.807, 2.05) is 7.05 Å². The van der Waals surface area contributed by atoms with Gasteiger partial charge in [-0.3, -0.25) is 9.59 Å². The first kappa shape index (κ1) is 17.0. The van der Waals surface area contributed by atoms with Crippen LogP contribution in [0.2, 0.25) is 0 Å². The fourth-order valence-electron chi connectivity index (χ4n) is 2.65. The van der Waals surface area contributed by atoms with Crippen molar-refractivity contribution < 1.29 is 14.3 Å². The van der Waals surface area contributed by atoms with E-state index in [9.17, 15) is 9.59 Å². The smallest absolute Gasteiger partial charge is 0.305 e. The van der Waals surface area contributed by atoms with Gasteiger partial charge in [0.05, 0.1) is 7.11 Å². The molecule has 0 radical (unpaired) electrons. The fraction of sp³-hybridized carbons (Fsp3) is 0.867. The number of ether oxygens (including phenoxy) is 1. The second-order valence-electron chi connectivity index (χ2n) is 5.78. The predicted octanol–water partition coefficient (Wildman–Crippen LogP) is 1.42. The van der Waals surface area contributed by atoms with Gasteiger partial charge in [0.1, 0.15) is 0 Å². The number of hydrogen-bond donors (Lipinski definition) is 1. The zero-order chi connectivity index (χ0) is 15.0. The molecule has 1 saturated heterocycles. The van der Waals surface area contributed by atoms with Gasteiger partial charge in [0, 0.05) is 26.4 Å². The number of nitrogens with one attached hydrogen (secondary N) is 1. The molecule has 0 bridgehead atoms. The maximum atomic E-state index is 12.1. The third kappa shape index (κ3) is 5.90. The molecular formula is C15H28N2O3. The minimum Gasteiger partial charge on any atom is -0.469 e. The van der Waals surface area contributed by atoms with Crippen molar-refractivity contribution in [2.75, 3.05) is 33.8 Å². The first-order valence-electron chi connectivity index (χ1n) is 7.56. The molecule has 1 fully saturated rings. The number of rotatable bonds is 7. The zero-order valence-electron chi connectivity index (χ0n) is 13.0. The average molecular weight is 284 g/mol. The molecule has 0 aromatic heterocycles. The van der Waals surface area contributed by atoms with Crippen LogP contribution in [0.25, 0.3) is 0 Å². The summed E-state index contributed by atoms with van der Waals surface area (Å²) in [6.07, 6.45) is 4.05. The van der Waals surface area contributed by atoms with Crippen molar-refractivity contribution in [3.63, 3.8) is 0 Å².